The van der Waals surface area contributed by atoms with E-state index in [-0.39, 0.29) is 0 Å². The first kappa shape index (κ1) is 13.1. The van der Waals surface area contributed by atoms with Crippen LogP contribution in [0.1, 0.15) is 24.5 Å². The Morgan fingerprint density at radius 1 is 1.44 bits per heavy atom. The van der Waals surface area contributed by atoms with Crippen LogP contribution in [0.4, 0.5) is 0 Å². The number of hydrogen-bond donors (Lipinski definition) is 2. The first-order valence-electron chi connectivity index (χ1n) is 6.61. The Morgan fingerprint density at radius 2 is 2.33 bits per heavy atom. The summed E-state index contributed by atoms with van der Waals surface area (Å²) >= 11 is 0. The number of ether oxygens (including phenoxy) is 1. The second kappa shape index (κ2) is 6.57. The summed E-state index contributed by atoms with van der Waals surface area (Å²) in [4.78, 5) is 0. The number of rotatable bonds is 7. The van der Waals surface area contributed by atoms with Gasteiger partial charge in [0.15, 0.2) is 0 Å². The van der Waals surface area contributed by atoms with E-state index in [0.29, 0.717) is 13.2 Å². The molecule has 0 heterocycles. The third-order valence-electron chi connectivity index (χ3n) is 3.02. The third-order valence-corrected chi connectivity index (χ3v) is 3.02. The molecule has 0 aliphatic heterocycles. The molecule has 98 valence electrons. The number of hydrogen-bond acceptors (Lipinski definition) is 3. The van der Waals surface area contributed by atoms with Gasteiger partial charge in [-0.15, -0.1) is 0 Å². The molecule has 0 aromatic heterocycles. The van der Waals surface area contributed by atoms with Gasteiger partial charge in [0.1, 0.15) is 18.5 Å². The fourth-order valence-corrected chi connectivity index (χ4v) is 2.08. The minimum atomic E-state index is -0.460. The second-order valence-electron chi connectivity index (χ2n) is 4.60. The number of aliphatic hydroxyl groups excluding tert-OH is 1. The number of allylic oxidation sites excluding steroid dienone is 1. The van der Waals surface area contributed by atoms with Crippen LogP contribution in [0.5, 0.6) is 5.75 Å². The van der Waals surface area contributed by atoms with E-state index in [0.717, 1.165) is 30.7 Å². The van der Waals surface area contributed by atoms with E-state index in [2.05, 4.69) is 30.5 Å². The van der Waals surface area contributed by atoms with Crippen molar-refractivity contribution >= 4 is 6.08 Å². The smallest absolute Gasteiger partial charge is 0.126 e. The molecule has 0 bridgehead atoms. The van der Waals surface area contributed by atoms with Crippen molar-refractivity contribution in [3.05, 3.63) is 35.4 Å². The number of fused-ring (bicyclic) bond motifs is 1. The van der Waals surface area contributed by atoms with Crippen molar-refractivity contribution in [2.45, 2.75) is 25.9 Å². The van der Waals surface area contributed by atoms with Gasteiger partial charge in [-0.05, 0) is 31.0 Å². The molecule has 0 saturated carbocycles. The Labute approximate surface area is 108 Å². The molecule has 1 aromatic rings. The lowest BCUT2D eigenvalue weighted by Crippen LogP contribution is -2.31. The fraction of sp³-hybridized carbons (Fsp3) is 0.467. The molecular formula is C15H21NO2. The van der Waals surface area contributed by atoms with Crippen molar-refractivity contribution in [3.8, 4) is 5.75 Å². The Hall–Kier alpha value is -1.32. The average Bonchev–Trinajstić information content (AvgIpc) is 2.85. The second-order valence-corrected chi connectivity index (χ2v) is 4.60. The summed E-state index contributed by atoms with van der Waals surface area (Å²) in [7, 11) is 0. The van der Waals surface area contributed by atoms with Crippen LogP contribution < -0.4 is 10.1 Å². The number of aliphatic hydroxyl groups is 1. The highest BCUT2D eigenvalue weighted by molar-refractivity contribution is 5.65. The Bertz CT molecular complexity index is 415. The molecule has 0 saturated heterocycles. The molecule has 1 aliphatic carbocycles. The largest absolute Gasteiger partial charge is 0.490 e. The molecule has 1 unspecified atom stereocenters. The van der Waals surface area contributed by atoms with E-state index >= 15 is 0 Å². The summed E-state index contributed by atoms with van der Waals surface area (Å²) in [6.07, 6.45) is 5.82. The minimum Gasteiger partial charge on any atom is -0.490 e. The van der Waals surface area contributed by atoms with Crippen molar-refractivity contribution in [1.29, 1.82) is 0 Å². The topological polar surface area (TPSA) is 41.5 Å². The third kappa shape index (κ3) is 3.34. The highest BCUT2D eigenvalue weighted by Crippen LogP contribution is 2.28. The number of nitrogens with one attached hydrogen (secondary N) is 1. The van der Waals surface area contributed by atoms with Gasteiger partial charge < -0.3 is 15.2 Å². The number of benzene rings is 1. The summed E-state index contributed by atoms with van der Waals surface area (Å²) < 4.78 is 5.70. The first-order chi connectivity index (χ1) is 8.81. The molecule has 0 fully saturated rings. The molecule has 0 radical (unpaired) electrons. The van der Waals surface area contributed by atoms with Crippen molar-refractivity contribution in [2.24, 2.45) is 0 Å². The molecule has 1 aromatic carbocycles. The molecule has 0 spiro atoms. The average molecular weight is 247 g/mol. The predicted molar refractivity (Wildman–Crippen MR) is 73.8 cm³/mol. The summed E-state index contributed by atoms with van der Waals surface area (Å²) in [5.74, 6) is 0.871. The molecule has 1 aliphatic rings. The van der Waals surface area contributed by atoms with Gasteiger partial charge >= 0.3 is 0 Å². The van der Waals surface area contributed by atoms with Gasteiger partial charge in [0, 0.05) is 12.1 Å². The van der Waals surface area contributed by atoms with E-state index in [4.69, 9.17) is 4.74 Å². The Balaban J connectivity index is 1.83. The van der Waals surface area contributed by atoms with Crippen LogP contribution >= 0.6 is 0 Å². The maximum atomic E-state index is 9.78. The Morgan fingerprint density at radius 3 is 3.17 bits per heavy atom. The van der Waals surface area contributed by atoms with E-state index in [1.54, 1.807) is 0 Å². The van der Waals surface area contributed by atoms with E-state index in [9.17, 15) is 5.11 Å². The van der Waals surface area contributed by atoms with Crippen LogP contribution in [-0.4, -0.2) is 30.9 Å². The normalized spacial score (nSPS) is 14.6. The highest BCUT2D eigenvalue weighted by Gasteiger charge is 2.11. The zero-order chi connectivity index (χ0) is 12.8. The summed E-state index contributed by atoms with van der Waals surface area (Å²) in [6.45, 7) is 3.95. The van der Waals surface area contributed by atoms with Crippen LogP contribution in [0.25, 0.3) is 6.08 Å². The van der Waals surface area contributed by atoms with E-state index in [1.807, 2.05) is 12.1 Å². The zero-order valence-corrected chi connectivity index (χ0v) is 10.9. The van der Waals surface area contributed by atoms with Crippen molar-refractivity contribution < 1.29 is 9.84 Å². The quantitative estimate of drug-likeness (QED) is 0.724. The maximum Gasteiger partial charge on any atom is 0.126 e. The monoisotopic (exact) mass is 247 g/mol. The van der Waals surface area contributed by atoms with Crippen LogP contribution in [-0.2, 0) is 6.42 Å². The van der Waals surface area contributed by atoms with Crippen LogP contribution in [0.15, 0.2) is 24.3 Å². The summed E-state index contributed by atoms with van der Waals surface area (Å²) in [5, 5.41) is 13.0. The molecule has 2 rings (SSSR count). The first-order valence-corrected chi connectivity index (χ1v) is 6.61. The standard InChI is InChI=1S/C15H21NO2/c1-2-9-16-10-13(17)11-18-15-8-4-6-12-5-3-7-14(12)15/h3-4,6-8,13,16-17H,2,5,9-11H2,1H3. The van der Waals surface area contributed by atoms with Crippen molar-refractivity contribution in [2.75, 3.05) is 19.7 Å². The van der Waals surface area contributed by atoms with Gasteiger partial charge in [-0.3, -0.25) is 0 Å². The zero-order valence-electron chi connectivity index (χ0n) is 10.9. The van der Waals surface area contributed by atoms with Crippen LogP contribution in [0.2, 0.25) is 0 Å². The predicted octanol–water partition coefficient (Wildman–Crippen LogP) is 2.00. The molecule has 18 heavy (non-hydrogen) atoms. The van der Waals surface area contributed by atoms with Gasteiger partial charge in [-0.25, -0.2) is 0 Å². The summed E-state index contributed by atoms with van der Waals surface area (Å²) in [6, 6.07) is 6.07. The van der Waals surface area contributed by atoms with Crippen molar-refractivity contribution in [3.63, 3.8) is 0 Å². The Kier molecular flexibility index (Phi) is 4.79. The van der Waals surface area contributed by atoms with Crippen LogP contribution in [0.3, 0.4) is 0 Å². The SMILES string of the molecule is CCCNCC(O)COc1cccc2c1C=CC2. The van der Waals surface area contributed by atoms with Gasteiger partial charge in [0.25, 0.3) is 0 Å². The lowest BCUT2D eigenvalue weighted by atomic mass is 10.1. The van der Waals surface area contributed by atoms with E-state index in [1.165, 1.54) is 5.56 Å². The molecular weight excluding hydrogens is 226 g/mol. The molecule has 2 N–H and O–H groups in total. The molecule has 1 atom stereocenters. The van der Waals surface area contributed by atoms with Gasteiger partial charge in [-0.2, -0.15) is 0 Å². The van der Waals surface area contributed by atoms with Gasteiger partial charge in [-0.1, -0.05) is 31.2 Å². The molecule has 3 heteroatoms. The van der Waals surface area contributed by atoms with Crippen molar-refractivity contribution in [1.82, 2.24) is 5.32 Å². The van der Waals surface area contributed by atoms with Crippen LogP contribution in [0, 0.1) is 0 Å². The lowest BCUT2D eigenvalue weighted by molar-refractivity contribution is 0.106. The lowest BCUT2D eigenvalue weighted by Gasteiger charge is -2.14. The van der Waals surface area contributed by atoms with Gasteiger partial charge in [0.2, 0.25) is 0 Å². The van der Waals surface area contributed by atoms with E-state index < -0.39 is 6.10 Å². The highest BCUT2D eigenvalue weighted by atomic mass is 16.5. The summed E-state index contributed by atoms with van der Waals surface area (Å²) in [5.41, 5.74) is 2.46. The minimum absolute atomic E-state index is 0.334. The fourth-order valence-electron chi connectivity index (χ4n) is 2.08. The molecule has 0 amide bonds. The molecule has 3 nitrogen and oxygen atoms in total. The van der Waals surface area contributed by atoms with Gasteiger partial charge in [0.05, 0.1) is 0 Å². The maximum absolute atomic E-state index is 9.78.